The average molecular weight is 733 g/mol. The minimum Gasteiger partial charge on any atom is -1.00 e. The van der Waals surface area contributed by atoms with Crippen molar-refractivity contribution in [2.75, 3.05) is 79.7 Å². The normalized spacial score (nSPS) is 13.8. The Kier molecular flexibility index (Phi) is 33.8. The third kappa shape index (κ3) is 27.3. The van der Waals surface area contributed by atoms with Gasteiger partial charge in [0.2, 0.25) is 0 Å². The molecule has 0 aromatic carbocycles. The summed E-state index contributed by atoms with van der Waals surface area (Å²) in [5.74, 6) is 0.160. The molecular formula is C32H68Br2N4O4. The number of quaternary nitrogens is 2. The van der Waals surface area contributed by atoms with Crippen LogP contribution in [0.15, 0.2) is 0 Å². The number of carbonyl (C=O) groups is 2. The Hall–Kier alpha value is -0.260. The second-order valence-electron chi connectivity index (χ2n) is 12.5. The number of amides is 2. The third-order valence-electron chi connectivity index (χ3n) is 8.18. The highest BCUT2D eigenvalue weighted by Crippen LogP contribution is 2.12. The van der Waals surface area contributed by atoms with Crippen molar-refractivity contribution in [3.63, 3.8) is 0 Å². The number of halogens is 2. The van der Waals surface area contributed by atoms with Crippen LogP contribution in [0.3, 0.4) is 0 Å². The highest BCUT2D eigenvalue weighted by atomic mass is 79.9. The van der Waals surface area contributed by atoms with Crippen molar-refractivity contribution in [1.29, 1.82) is 0 Å². The van der Waals surface area contributed by atoms with Crippen LogP contribution in [0.5, 0.6) is 0 Å². The minimum absolute atomic E-state index is 0. The van der Waals surface area contributed by atoms with Crippen LogP contribution in [0.4, 0.5) is 0 Å². The molecule has 10 heteroatoms. The monoisotopic (exact) mass is 730 g/mol. The number of rotatable bonds is 29. The van der Waals surface area contributed by atoms with E-state index in [0.717, 1.165) is 64.7 Å². The van der Waals surface area contributed by atoms with Crippen molar-refractivity contribution in [2.24, 2.45) is 0 Å². The SMILES string of the molecule is CCCCCCCCNC(=O)C[N+](C)(CCO)CCCCCC[N+](C)(CCO)CC(=O)NCCCCCCCC.[Br-].[Br-]. The Labute approximate surface area is 280 Å². The second kappa shape index (κ2) is 30.8. The molecule has 2 unspecified atom stereocenters. The molecule has 0 aliphatic heterocycles. The highest BCUT2D eigenvalue weighted by Gasteiger charge is 2.26. The van der Waals surface area contributed by atoms with Gasteiger partial charge in [-0.15, -0.1) is 0 Å². The van der Waals surface area contributed by atoms with E-state index in [4.69, 9.17) is 0 Å². The summed E-state index contributed by atoms with van der Waals surface area (Å²) < 4.78 is 1.13. The number of nitrogens with zero attached hydrogens (tertiary/aromatic N) is 2. The summed E-state index contributed by atoms with van der Waals surface area (Å²) in [5, 5.41) is 25.3. The van der Waals surface area contributed by atoms with Crippen molar-refractivity contribution in [3.8, 4) is 0 Å². The van der Waals surface area contributed by atoms with E-state index in [1.807, 2.05) is 0 Å². The first-order chi connectivity index (χ1) is 19.2. The van der Waals surface area contributed by atoms with Crippen LogP contribution in [-0.2, 0) is 9.59 Å². The van der Waals surface area contributed by atoms with Gasteiger partial charge in [0.05, 0.1) is 40.4 Å². The molecule has 0 fully saturated rings. The molecule has 0 rings (SSSR count). The topological polar surface area (TPSA) is 98.7 Å². The number of hydrogen-bond acceptors (Lipinski definition) is 4. The number of unbranched alkanes of at least 4 members (excludes halogenated alkanes) is 13. The van der Waals surface area contributed by atoms with Crippen LogP contribution >= 0.6 is 0 Å². The summed E-state index contributed by atoms with van der Waals surface area (Å²) >= 11 is 0. The van der Waals surface area contributed by atoms with Gasteiger partial charge in [-0.1, -0.05) is 78.1 Å². The van der Waals surface area contributed by atoms with Crippen LogP contribution in [0.2, 0.25) is 0 Å². The highest BCUT2D eigenvalue weighted by molar-refractivity contribution is 5.77. The Morgan fingerprint density at radius 3 is 1.14 bits per heavy atom. The van der Waals surface area contributed by atoms with Crippen LogP contribution < -0.4 is 44.6 Å². The van der Waals surface area contributed by atoms with Gasteiger partial charge >= 0.3 is 0 Å². The number of carbonyl (C=O) groups excluding carboxylic acids is 2. The maximum Gasteiger partial charge on any atom is 0.275 e. The van der Waals surface area contributed by atoms with Crippen molar-refractivity contribution < 1.29 is 62.7 Å². The molecule has 0 saturated heterocycles. The zero-order chi connectivity index (χ0) is 30.0. The van der Waals surface area contributed by atoms with E-state index < -0.39 is 0 Å². The van der Waals surface area contributed by atoms with Gasteiger partial charge in [-0.2, -0.15) is 0 Å². The molecule has 2 atom stereocenters. The summed E-state index contributed by atoms with van der Waals surface area (Å²) in [7, 11) is 4.14. The largest absolute Gasteiger partial charge is 1.00 e. The zero-order valence-electron chi connectivity index (χ0n) is 27.7. The lowest BCUT2D eigenvalue weighted by atomic mass is 10.1. The summed E-state index contributed by atoms with van der Waals surface area (Å²) in [6.45, 7) is 9.83. The summed E-state index contributed by atoms with van der Waals surface area (Å²) in [5.41, 5.74) is 0. The van der Waals surface area contributed by atoms with E-state index in [1.54, 1.807) is 0 Å². The number of aliphatic hydroxyl groups is 2. The maximum absolute atomic E-state index is 12.5. The molecular weight excluding hydrogens is 664 g/mol. The Bertz CT molecular complexity index is 581. The Morgan fingerprint density at radius 1 is 0.500 bits per heavy atom. The van der Waals surface area contributed by atoms with E-state index in [-0.39, 0.29) is 59.0 Å². The van der Waals surface area contributed by atoms with Gasteiger partial charge in [0, 0.05) is 13.1 Å². The van der Waals surface area contributed by atoms with Crippen LogP contribution in [0.1, 0.15) is 117 Å². The number of hydrogen-bond donors (Lipinski definition) is 4. The molecule has 42 heavy (non-hydrogen) atoms. The van der Waals surface area contributed by atoms with Gasteiger partial charge in [-0.25, -0.2) is 0 Å². The van der Waals surface area contributed by atoms with Crippen LogP contribution in [0, 0.1) is 0 Å². The van der Waals surface area contributed by atoms with Gasteiger partial charge in [-0.05, 0) is 38.5 Å². The molecule has 254 valence electrons. The fourth-order valence-corrected chi connectivity index (χ4v) is 5.43. The van der Waals surface area contributed by atoms with E-state index in [2.05, 4.69) is 38.6 Å². The number of aliphatic hydroxyl groups excluding tert-OH is 2. The van der Waals surface area contributed by atoms with Gasteiger partial charge in [0.15, 0.2) is 13.1 Å². The van der Waals surface area contributed by atoms with Crippen molar-refractivity contribution in [2.45, 2.75) is 117 Å². The summed E-state index contributed by atoms with van der Waals surface area (Å²) in [6, 6.07) is 0. The molecule has 0 saturated carbocycles. The lowest BCUT2D eigenvalue weighted by Crippen LogP contribution is -3.00. The average Bonchev–Trinajstić information content (AvgIpc) is 2.89. The first-order valence-corrected chi connectivity index (χ1v) is 16.7. The molecule has 0 radical (unpaired) electrons. The van der Waals surface area contributed by atoms with Gasteiger partial charge in [-0.3, -0.25) is 9.59 Å². The Morgan fingerprint density at radius 2 is 0.810 bits per heavy atom. The lowest BCUT2D eigenvalue weighted by molar-refractivity contribution is -0.903. The molecule has 0 aromatic heterocycles. The van der Waals surface area contributed by atoms with E-state index in [1.165, 1.54) is 64.2 Å². The molecule has 0 spiro atoms. The predicted octanol–water partition coefficient (Wildman–Crippen LogP) is -1.61. The molecule has 4 N–H and O–H groups in total. The van der Waals surface area contributed by atoms with Crippen molar-refractivity contribution in [1.82, 2.24) is 10.6 Å². The first-order valence-electron chi connectivity index (χ1n) is 16.7. The smallest absolute Gasteiger partial charge is 0.275 e. The van der Waals surface area contributed by atoms with Crippen molar-refractivity contribution >= 4 is 11.8 Å². The van der Waals surface area contributed by atoms with E-state index >= 15 is 0 Å². The molecule has 2 amide bonds. The van der Waals surface area contributed by atoms with Gasteiger partial charge in [0.25, 0.3) is 11.8 Å². The van der Waals surface area contributed by atoms with E-state index in [0.29, 0.717) is 35.1 Å². The van der Waals surface area contributed by atoms with E-state index in [9.17, 15) is 19.8 Å². The quantitative estimate of drug-likeness (QED) is 0.0550. The third-order valence-corrected chi connectivity index (χ3v) is 8.18. The fraction of sp³-hybridized carbons (Fsp3) is 0.938. The molecule has 0 aliphatic rings. The molecule has 0 heterocycles. The zero-order valence-corrected chi connectivity index (χ0v) is 30.9. The standard InChI is InChI=1S/C32H66N4O4.2BrH/c1-5-7-9-11-13-17-21-33-31(39)29-35(3,25-27-37)23-19-15-16-20-24-36(4,26-28-38)30-32(40)34-22-18-14-12-10-8-6-2;;/h37-38H,5-30H2,1-4H3;2*1H. The molecule has 0 bridgehead atoms. The number of nitrogens with one attached hydrogen (secondary N) is 2. The van der Waals surface area contributed by atoms with Gasteiger partial charge < -0.3 is 63.8 Å². The second-order valence-corrected chi connectivity index (χ2v) is 12.5. The van der Waals surface area contributed by atoms with Crippen LogP contribution in [0.25, 0.3) is 0 Å². The first kappa shape index (κ1) is 46.2. The van der Waals surface area contributed by atoms with Crippen molar-refractivity contribution in [3.05, 3.63) is 0 Å². The summed E-state index contributed by atoms with van der Waals surface area (Å²) in [4.78, 5) is 25.1. The Balaban J connectivity index is -0.00000760. The molecule has 8 nitrogen and oxygen atoms in total. The minimum atomic E-state index is 0. The number of likely N-dealkylation sites (N-methyl/N-ethyl adjacent to an activating group) is 2. The molecule has 0 aromatic rings. The van der Waals surface area contributed by atoms with Crippen LogP contribution in [-0.4, -0.2) is 111 Å². The fourth-order valence-electron chi connectivity index (χ4n) is 5.43. The lowest BCUT2D eigenvalue weighted by Gasteiger charge is -2.34. The summed E-state index contributed by atoms with van der Waals surface area (Å²) in [6.07, 6.45) is 18.7. The van der Waals surface area contributed by atoms with Gasteiger partial charge in [0.1, 0.15) is 13.1 Å². The predicted molar refractivity (Wildman–Crippen MR) is 167 cm³/mol. The molecule has 0 aliphatic carbocycles. The maximum atomic E-state index is 12.5.